The van der Waals surface area contributed by atoms with Gasteiger partial charge in [0.1, 0.15) is 17.9 Å². The number of likely N-dealkylation sites (N-methyl/N-ethyl adjacent to an activating group) is 1. The van der Waals surface area contributed by atoms with Gasteiger partial charge in [-0.25, -0.2) is 15.0 Å². The molecule has 1 atom stereocenters. The Balaban J connectivity index is 1.12. The second-order valence-corrected chi connectivity index (χ2v) is 11.0. The summed E-state index contributed by atoms with van der Waals surface area (Å²) in [6.07, 6.45) is 6.76. The van der Waals surface area contributed by atoms with Gasteiger partial charge in [0.15, 0.2) is 5.82 Å². The van der Waals surface area contributed by atoms with Crippen LogP contribution in [0.5, 0.6) is 5.75 Å². The summed E-state index contributed by atoms with van der Waals surface area (Å²) < 4.78 is 5.80. The molecule has 3 aliphatic rings. The molecule has 10 nitrogen and oxygen atoms in total. The quantitative estimate of drug-likeness (QED) is 0.471. The minimum Gasteiger partial charge on any atom is -0.494 e. The molecular weight excluding hydrogens is 504 g/mol. The molecule has 10 heteroatoms. The van der Waals surface area contributed by atoms with Crippen LogP contribution in [0.1, 0.15) is 36.6 Å². The topological polar surface area (TPSA) is 82.1 Å². The minimum absolute atomic E-state index is 0.0602. The molecule has 0 saturated carbocycles. The summed E-state index contributed by atoms with van der Waals surface area (Å²) in [6.45, 7) is 9.48. The smallest absolute Gasteiger partial charge is 0.158 e. The van der Waals surface area contributed by atoms with Gasteiger partial charge in [-0.2, -0.15) is 0 Å². The molecule has 0 amide bonds. The predicted octanol–water partition coefficient (Wildman–Crippen LogP) is 4.03. The van der Waals surface area contributed by atoms with Crippen LogP contribution in [-0.2, 0) is 4.84 Å². The van der Waals surface area contributed by atoms with Gasteiger partial charge in [0.25, 0.3) is 0 Å². The molecule has 0 spiro atoms. The number of aromatic nitrogens is 3. The largest absolute Gasteiger partial charge is 0.494 e. The van der Waals surface area contributed by atoms with Gasteiger partial charge in [-0.3, -0.25) is 14.7 Å². The number of aryl methyl sites for hydroxylation is 1. The average Bonchev–Trinajstić information content (AvgIpc) is 3.49. The Labute approximate surface area is 236 Å². The van der Waals surface area contributed by atoms with Crippen LogP contribution in [-0.4, -0.2) is 90.8 Å². The minimum atomic E-state index is 0.0602. The zero-order valence-corrected chi connectivity index (χ0v) is 23.8. The normalized spacial score (nSPS) is 21.1. The third kappa shape index (κ3) is 5.84. The molecule has 3 saturated heterocycles. The molecule has 40 heavy (non-hydrogen) atoms. The van der Waals surface area contributed by atoms with E-state index in [0.29, 0.717) is 24.3 Å². The first-order chi connectivity index (χ1) is 19.6. The maximum Gasteiger partial charge on any atom is 0.158 e. The first-order valence-corrected chi connectivity index (χ1v) is 14.4. The summed E-state index contributed by atoms with van der Waals surface area (Å²) >= 11 is 0. The van der Waals surface area contributed by atoms with E-state index in [1.807, 2.05) is 30.3 Å². The number of methoxy groups -OCH3 is 1. The number of hydrogen-bond acceptors (Lipinski definition) is 10. The number of benzene rings is 1. The maximum absolute atomic E-state index is 5.97. The van der Waals surface area contributed by atoms with E-state index in [-0.39, 0.29) is 6.04 Å². The molecule has 1 aromatic carbocycles. The summed E-state index contributed by atoms with van der Waals surface area (Å²) in [5.74, 6) is 2.18. The summed E-state index contributed by atoms with van der Waals surface area (Å²) in [5.41, 5.74) is 4.17. The second-order valence-electron chi connectivity index (χ2n) is 11.0. The highest BCUT2D eigenvalue weighted by Crippen LogP contribution is 2.36. The molecule has 0 radical (unpaired) electrons. The fourth-order valence-electron chi connectivity index (χ4n) is 6.00. The van der Waals surface area contributed by atoms with E-state index in [1.54, 1.807) is 13.4 Å². The molecule has 3 aromatic rings. The number of piperidine rings is 1. The molecule has 3 fully saturated rings. The van der Waals surface area contributed by atoms with E-state index < -0.39 is 0 Å². The van der Waals surface area contributed by atoms with Gasteiger partial charge in [0, 0.05) is 81.4 Å². The fourth-order valence-corrected chi connectivity index (χ4v) is 6.00. The van der Waals surface area contributed by atoms with Crippen LogP contribution in [0.2, 0.25) is 0 Å². The standard InChI is InChI=1S/C30H40N8O2/c1-22-4-5-23(20-31-22)27-10-17-40-38(27)30-19-29(32-21-33-30)34-26-7-6-25(18-28(26)39-3)36-11-8-24(9-12-36)37-15-13-35(2)14-16-37/h4-7,18-21,24,27H,8-17H2,1-3H3,(H,32,33,34). The van der Waals surface area contributed by atoms with Crippen LogP contribution in [0.15, 0.2) is 48.9 Å². The number of ether oxygens (including phenoxy) is 1. The van der Waals surface area contributed by atoms with Crippen LogP contribution in [0.4, 0.5) is 23.0 Å². The molecule has 2 aromatic heterocycles. The lowest BCUT2D eigenvalue weighted by atomic mass is 10.0. The van der Waals surface area contributed by atoms with Crippen molar-refractivity contribution in [1.29, 1.82) is 0 Å². The van der Waals surface area contributed by atoms with Crippen molar-refractivity contribution in [2.24, 2.45) is 0 Å². The van der Waals surface area contributed by atoms with Gasteiger partial charge in [0.05, 0.1) is 25.4 Å². The van der Waals surface area contributed by atoms with E-state index in [4.69, 9.17) is 9.57 Å². The third-order valence-corrected chi connectivity index (χ3v) is 8.43. The molecule has 0 bridgehead atoms. The number of rotatable bonds is 7. The van der Waals surface area contributed by atoms with Crippen molar-refractivity contribution in [3.63, 3.8) is 0 Å². The first kappa shape index (κ1) is 26.7. The van der Waals surface area contributed by atoms with E-state index in [2.05, 4.69) is 66.3 Å². The Morgan fingerprint density at radius 1 is 0.925 bits per heavy atom. The second kappa shape index (κ2) is 12.0. The van der Waals surface area contributed by atoms with Crippen molar-refractivity contribution in [3.05, 3.63) is 60.2 Å². The monoisotopic (exact) mass is 544 g/mol. The van der Waals surface area contributed by atoms with Crippen molar-refractivity contribution >= 4 is 23.0 Å². The van der Waals surface area contributed by atoms with Crippen molar-refractivity contribution in [2.45, 2.75) is 38.3 Å². The Morgan fingerprint density at radius 2 is 1.75 bits per heavy atom. The van der Waals surface area contributed by atoms with Crippen molar-refractivity contribution in [3.8, 4) is 5.75 Å². The van der Waals surface area contributed by atoms with Gasteiger partial charge >= 0.3 is 0 Å². The summed E-state index contributed by atoms with van der Waals surface area (Å²) in [6, 6.07) is 13.2. The van der Waals surface area contributed by atoms with Crippen molar-refractivity contribution in [2.75, 3.05) is 75.3 Å². The fraction of sp³-hybridized carbons (Fsp3) is 0.500. The van der Waals surface area contributed by atoms with E-state index in [0.717, 1.165) is 42.2 Å². The zero-order valence-electron chi connectivity index (χ0n) is 23.8. The van der Waals surface area contributed by atoms with Crippen LogP contribution < -0.4 is 20.0 Å². The molecule has 3 aliphatic heterocycles. The lowest BCUT2D eigenvalue weighted by Gasteiger charge is -2.42. The van der Waals surface area contributed by atoms with Gasteiger partial charge < -0.3 is 19.9 Å². The van der Waals surface area contributed by atoms with Gasteiger partial charge in [-0.1, -0.05) is 6.07 Å². The van der Waals surface area contributed by atoms with Gasteiger partial charge in [-0.15, -0.1) is 0 Å². The molecular formula is C30H40N8O2. The van der Waals surface area contributed by atoms with Crippen LogP contribution in [0.3, 0.4) is 0 Å². The average molecular weight is 545 g/mol. The number of piperazine rings is 1. The maximum atomic E-state index is 5.97. The SMILES string of the molecule is COc1cc(N2CCC(N3CCN(C)CC3)CC2)ccc1Nc1cc(N2OCCC2c2ccc(C)nc2)ncn1. The van der Waals surface area contributed by atoms with Crippen molar-refractivity contribution in [1.82, 2.24) is 24.8 Å². The Morgan fingerprint density at radius 3 is 2.50 bits per heavy atom. The molecule has 6 rings (SSSR count). The van der Waals surface area contributed by atoms with E-state index in [9.17, 15) is 0 Å². The molecule has 1 unspecified atom stereocenters. The molecule has 1 N–H and O–H groups in total. The van der Waals surface area contributed by atoms with Crippen molar-refractivity contribution < 1.29 is 9.57 Å². The van der Waals surface area contributed by atoms with Crippen LogP contribution in [0.25, 0.3) is 0 Å². The molecule has 0 aliphatic carbocycles. The number of nitrogens with zero attached hydrogens (tertiary/aromatic N) is 7. The number of anilines is 4. The Bertz CT molecular complexity index is 1270. The van der Waals surface area contributed by atoms with Crippen LogP contribution in [0, 0.1) is 6.92 Å². The number of pyridine rings is 1. The number of hydrogen-bond donors (Lipinski definition) is 1. The number of hydroxylamine groups is 1. The number of nitrogens with one attached hydrogen (secondary N) is 1. The van der Waals surface area contributed by atoms with Crippen LogP contribution >= 0.6 is 0 Å². The highest BCUT2D eigenvalue weighted by atomic mass is 16.7. The highest BCUT2D eigenvalue weighted by molar-refractivity contribution is 5.70. The first-order valence-electron chi connectivity index (χ1n) is 14.4. The predicted molar refractivity (Wildman–Crippen MR) is 157 cm³/mol. The molecule has 212 valence electrons. The Kier molecular flexibility index (Phi) is 7.99. The van der Waals surface area contributed by atoms with Gasteiger partial charge in [0.2, 0.25) is 0 Å². The lowest BCUT2D eigenvalue weighted by Crippen LogP contribution is -2.52. The molecule has 5 heterocycles. The summed E-state index contributed by atoms with van der Waals surface area (Å²) in [7, 11) is 3.94. The van der Waals surface area contributed by atoms with E-state index in [1.165, 1.54) is 44.7 Å². The van der Waals surface area contributed by atoms with Gasteiger partial charge in [-0.05, 0) is 50.6 Å². The zero-order chi connectivity index (χ0) is 27.5. The summed E-state index contributed by atoms with van der Waals surface area (Å²) in [4.78, 5) is 27.0. The third-order valence-electron chi connectivity index (χ3n) is 8.43. The highest BCUT2D eigenvalue weighted by Gasteiger charge is 2.30. The Hall–Kier alpha value is -3.47. The summed E-state index contributed by atoms with van der Waals surface area (Å²) in [5, 5.41) is 5.30. The lowest BCUT2D eigenvalue weighted by molar-refractivity contribution is 0.0982. The van der Waals surface area contributed by atoms with E-state index >= 15 is 0 Å².